The van der Waals surface area contributed by atoms with E-state index < -0.39 is 15.5 Å². The van der Waals surface area contributed by atoms with Gasteiger partial charge < -0.3 is 9.87 Å². The zero-order valence-corrected chi connectivity index (χ0v) is 16.3. The quantitative estimate of drug-likeness (QED) is 0.485. The van der Waals surface area contributed by atoms with Gasteiger partial charge in [-0.2, -0.15) is 4.58 Å². The number of nitrogens with one attached hydrogen (secondary N) is 1. The van der Waals surface area contributed by atoms with Crippen LogP contribution in [0.4, 0.5) is 11.4 Å². The number of para-hydroxylation sites is 1. The van der Waals surface area contributed by atoms with Gasteiger partial charge in [0.2, 0.25) is 5.69 Å². The summed E-state index contributed by atoms with van der Waals surface area (Å²) < 4.78 is 36.1. The summed E-state index contributed by atoms with van der Waals surface area (Å²) in [6.07, 6.45) is 7.68. The Morgan fingerprint density at radius 3 is 2.44 bits per heavy atom. The lowest BCUT2D eigenvalue weighted by Gasteiger charge is -2.16. The molecule has 0 amide bonds. The van der Waals surface area contributed by atoms with E-state index in [0.29, 0.717) is 0 Å². The van der Waals surface area contributed by atoms with E-state index in [9.17, 15) is 13.0 Å². The third-order valence-corrected chi connectivity index (χ3v) is 5.61. The molecule has 0 bridgehead atoms. The van der Waals surface area contributed by atoms with Crippen molar-refractivity contribution in [3.05, 3.63) is 78.5 Å². The first kappa shape index (κ1) is 19.1. The van der Waals surface area contributed by atoms with E-state index in [1.54, 1.807) is 6.07 Å². The fraction of sp³-hybridized carbons (Fsp3) is 0.190. The number of nitrogens with zero attached hydrogens (tertiary/aromatic N) is 1. The molecular weight excluding hydrogens is 360 g/mol. The average molecular weight is 382 g/mol. The molecule has 2 aromatic carbocycles. The highest BCUT2D eigenvalue weighted by atomic mass is 32.2. The number of fused-ring (bicyclic) bond motifs is 1. The molecular formula is C21H22N2O3S. The van der Waals surface area contributed by atoms with Crippen molar-refractivity contribution < 1.29 is 17.5 Å². The van der Waals surface area contributed by atoms with Gasteiger partial charge in [-0.05, 0) is 44.2 Å². The summed E-state index contributed by atoms with van der Waals surface area (Å²) in [4.78, 5) is -0.195. The summed E-state index contributed by atoms with van der Waals surface area (Å²) >= 11 is 0. The fourth-order valence-corrected chi connectivity index (χ4v) is 3.85. The minimum atomic E-state index is -4.48. The van der Waals surface area contributed by atoms with E-state index in [1.165, 1.54) is 12.1 Å². The van der Waals surface area contributed by atoms with Crippen LogP contribution in [0.3, 0.4) is 0 Å². The van der Waals surface area contributed by atoms with Crippen molar-refractivity contribution in [3.8, 4) is 0 Å². The number of hydrogen-bond donors (Lipinski definition) is 1. The minimum absolute atomic E-state index is 0.195. The van der Waals surface area contributed by atoms with Gasteiger partial charge in [0.1, 0.15) is 17.2 Å². The standard InChI is InChI=1S/C21H22N2O3S/c1-21(2)18-15-17(27(24,25)26)12-13-19(18)23(3)20(21)11-7-8-14-22-16-9-5-4-6-10-16/h4-15H,1-3H3,(H,24,25,26). The molecule has 1 aliphatic rings. The van der Waals surface area contributed by atoms with Gasteiger partial charge >= 0.3 is 0 Å². The van der Waals surface area contributed by atoms with Gasteiger partial charge in [0.05, 0.1) is 10.3 Å². The maximum atomic E-state index is 11.4. The first-order chi connectivity index (χ1) is 12.7. The van der Waals surface area contributed by atoms with Gasteiger partial charge in [-0.1, -0.05) is 24.3 Å². The molecule has 0 aliphatic carbocycles. The van der Waals surface area contributed by atoms with Gasteiger partial charge in [0.25, 0.3) is 0 Å². The Bertz CT molecular complexity index is 1050. The van der Waals surface area contributed by atoms with Crippen LogP contribution in [0, 0.1) is 0 Å². The Hall–Kier alpha value is -2.70. The van der Waals surface area contributed by atoms with Crippen LogP contribution >= 0.6 is 0 Å². The highest BCUT2D eigenvalue weighted by Crippen LogP contribution is 2.40. The second-order valence-corrected chi connectivity index (χ2v) is 8.31. The van der Waals surface area contributed by atoms with Gasteiger partial charge in [-0.25, -0.2) is 8.42 Å². The molecule has 0 saturated heterocycles. The van der Waals surface area contributed by atoms with Gasteiger partial charge in [0.15, 0.2) is 5.71 Å². The largest absolute Gasteiger partial charge is 0.744 e. The van der Waals surface area contributed by atoms with Crippen molar-refractivity contribution in [1.29, 1.82) is 0 Å². The molecule has 140 valence electrons. The second-order valence-electron chi connectivity index (χ2n) is 6.93. The van der Waals surface area contributed by atoms with Crippen LogP contribution in [-0.4, -0.2) is 30.3 Å². The van der Waals surface area contributed by atoms with Crippen molar-refractivity contribution in [3.63, 3.8) is 0 Å². The van der Waals surface area contributed by atoms with Crippen LogP contribution < -0.4 is 5.32 Å². The summed E-state index contributed by atoms with van der Waals surface area (Å²) in [5.74, 6) is 0. The van der Waals surface area contributed by atoms with Crippen molar-refractivity contribution in [2.45, 2.75) is 24.2 Å². The normalized spacial score (nSPS) is 16.3. The summed E-state index contributed by atoms with van der Waals surface area (Å²) in [6, 6.07) is 14.4. The molecule has 0 fully saturated rings. The molecule has 1 aliphatic heterocycles. The van der Waals surface area contributed by atoms with Crippen molar-refractivity contribution in [2.24, 2.45) is 0 Å². The van der Waals surface area contributed by atoms with E-state index in [2.05, 4.69) is 5.32 Å². The lowest BCUT2D eigenvalue weighted by atomic mass is 9.81. The van der Waals surface area contributed by atoms with Crippen LogP contribution in [0.2, 0.25) is 0 Å². The summed E-state index contributed by atoms with van der Waals surface area (Å²) in [6.45, 7) is 4.03. The van der Waals surface area contributed by atoms with Crippen LogP contribution in [0.15, 0.2) is 77.9 Å². The minimum Gasteiger partial charge on any atom is -0.744 e. The van der Waals surface area contributed by atoms with Gasteiger partial charge in [-0.15, -0.1) is 0 Å². The summed E-state index contributed by atoms with van der Waals surface area (Å²) in [7, 11) is -2.54. The third-order valence-electron chi connectivity index (χ3n) is 4.78. The first-order valence-electron chi connectivity index (χ1n) is 8.57. The Morgan fingerprint density at radius 1 is 1.07 bits per heavy atom. The third kappa shape index (κ3) is 3.86. The van der Waals surface area contributed by atoms with Gasteiger partial charge in [0, 0.05) is 29.6 Å². The SMILES string of the molecule is C[N+]1=C(C=CC=CNc2ccccc2)C(C)(C)c2cc(S(=O)(=O)[O-])ccc21. The zero-order chi connectivity index (χ0) is 19.7. The van der Waals surface area contributed by atoms with Crippen molar-refractivity contribution in [2.75, 3.05) is 12.4 Å². The van der Waals surface area contributed by atoms with E-state index in [1.807, 2.05) is 80.2 Å². The molecule has 0 saturated carbocycles. The highest BCUT2D eigenvalue weighted by molar-refractivity contribution is 7.85. The second kappa shape index (κ2) is 7.13. The molecule has 1 heterocycles. The fourth-order valence-electron chi connectivity index (χ4n) is 3.35. The zero-order valence-electron chi connectivity index (χ0n) is 15.5. The molecule has 0 aromatic heterocycles. The number of hydrogen-bond acceptors (Lipinski definition) is 4. The van der Waals surface area contributed by atoms with E-state index in [0.717, 1.165) is 22.6 Å². The Kier molecular flexibility index (Phi) is 5.04. The molecule has 5 nitrogen and oxygen atoms in total. The average Bonchev–Trinajstić information content (AvgIpc) is 2.81. The molecule has 0 radical (unpaired) electrons. The van der Waals surface area contributed by atoms with Crippen LogP contribution in [0.1, 0.15) is 19.4 Å². The number of benzene rings is 2. The highest BCUT2D eigenvalue weighted by Gasteiger charge is 2.43. The lowest BCUT2D eigenvalue weighted by Crippen LogP contribution is -2.26. The molecule has 3 rings (SSSR count). The number of allylic oxidation sites excluding steroid dienone is 3. The number of rotatable bonds is 5. The Morgan fingerprint density at radius 2 is 1.78 bits per heavy atom. The molecule has 6 heteroatoms. The lowest BCUT2D eigenvalue weighted by molar-refractivity contribution is -0.401. The summed E-state index contributed by atoms with van der Waals surface area (Å²) in [5.41, 5.74) is 3.34. The van der Waals surface area contributed by atoms with E-state index in [-0.39, 0.29) is 4.90 Å². The molecule has 2 aromatic rings. The predicted molar refractivity (Wildman–Crippen MR) is 107 cm³/mol. The van der Waals surface area contributed by atoms with Crippen LogP contribution in [-0.2, 0) is 15.5 Å². The molecule has 0 spiro atoms. The molecule has 0 unspecified atom stereocenters. The van der Waals surface area contributed by atoms with Crippen molar-refractivity contribution in [1.82, 2.24) is 0 Å². The Labute approximate surface area is 160 Å². The first-order valence-corrected chi connectivity index (χ1v) is 9.98. The number of anilines is 1. The van der Waals surface area contributed by atoms with E-state index in [4.69, 9.17) is 0 Å². The predicted octanol–water partition coefficient (Wildman–Crippen LogP) is 3.78. The molecule has 27 heavy (non-hydrogen) atoms. The van der Waals surface area contributed by atoms with Crippen LogP contribution in [0.25, 0.3) is 0 Å². The monoisotopic (exact) mass is 382 g/mol. The van der Waals surface area contributed by atoms with Crippen molar-refractivity contribution >= 4 is 27.2 Å². The molecule has 1 N–H and O–H groups in total. The maximum absolute atomic E-state index is 11.4. The Balaban J connectivity index is 1.82. The van der Waals surface area contributed by atoms with Gasteiger partial charge in [-0.3, -0.25) is 0 Å². The smallest absolute Gasteiger partial charge is 0.209 e. The maximum Gasteiger partial charge on any atom is 0.209 e. The van der Waals surface area contributed by atoms with E-state index >= 15 is 0 Å². The van der Waals surface area contributed by atoms with Crippen LogP contribution in [0.5, 0.6) is 0 Å². The summed E-state index contributed by atoms with van der Waals surface area (Å²) in [5, 5.41) is 3.19. The topological polar surface area (TPSA) is 72.2 Å². The molecule has 0 atom stereocenters.